The van der Waals surface area contributed by atoms with Crippen LogP contribution in [-0.2, 0) is 4.79 Å². The summed E-state index contributed by atoms with van der Waals surface area (Å²) in [6, 6.07) is 6.77. The first-order chi connectivity index (χ1) is 9.38. The average Bonchev–Trinajstić information content (AvgIpc) is 2.91. The van der Waals surface area contributed by atoms with E-state index in [1.165, 1.54) is 6.33 Å². The number of hydrogen-bond donors (Lipinski definition) is 2. The molecule has 0 radical (unpaired) electrons. The molecule has 1 atom stereocenters. The standard InChI is InChI=1S/C14H19N5O/c1-14(2,3)12(15)13(20)18-10-4-6-11(7-5-10)19-9-16-8-17-19/h4-9,12H,15H2,1-3H3,(H,18,20)/t12-/m1/s1. The van der Waals surface area contributed by atoms with Gasteiger partial charge in [0.2, 0.25) is 5.91 Å². The van der Waals surface area contributed by atoms with Gasteiger partial charge in [-0.1, -0.05) is 20.8 Å². The molecule has 1 amide bonds. The van der Waals surface area contributed by atoms with Gasteiger partial charge < -0.3 is 11.1 Å². The molecule has 3 N–H and O–H groups in total. The summed E-state index contributed by atoms with van der Waals surface area (Å²) < 4.78 is 1.65. The molecule has 1 heterocycles. The first kappa shape index (κ1) is 14.2. The van der Waals surface area contributed by atoms with E-state index in [9.17, 15) is 4.79 Å². The van der Waals surface area contributed by atoms with Crippen LogP contribution in [0.25, 0.3) is 5.69 Å². The predicted molar refractivity (Wildman–Crippen MR) is 77.4 cm³/mol. The van der Waals surface area contributed by atoms with Crippen LogP contribution in [0, 0.1) is 5.41 Å². The number of aromatic nitrogens is 3. The van der Waals surface area contributed by atoms with Crippen LogP contribution in [-0.4, -0.2) is 26.7 Å². The third-order valence-corrected chi connectivity index (χ3v) is 3.03. The summed E-state index contributed by atoms with van der Waals surface area (Å²) in [6.07, 6.45) is 3.08. The molecule has 106 valence electrons. The monoisotopic (exact) mass is 273 g/mol. The first-order valence-electron chi connectivity index (χ1n) is 6.39. The van der Waals surface area contributed by atoms with Gasteiger partial charge in [-0.15, -0.1) is 0 Å². The molecule has 6 nitrogen and oxygen atoms in total. The Kier molecular flexibility index (Phi) is 3.85. The number of nitrogens with zero attached hydrogens (tertiary/aromatic N) is 3. The maximum atomic E-state index is 12.0. The molecule has 2 rings (SSSR count). The number of nitrogens with one attached hydrogen (secondary N) is 1. The van der Waals surface area contributed by atoms with Crippen molar-refractivity contribution in [3.63, 3.8) is 0 Å². The zero-order valence-electron chi connectivity index (χ0n) is 11.9. The van der Waals surface area contributed by atoms with Gasteiger partial charge in [-0.25, -0.2) is 9.67 Å². The van der Waals surface area contributed by atoms with Crippen molar-refractivity contribution >= 4 is 11.6 Å². The topological polar surface area (TPSA) is 85.8 Å². The van der Waals surface area contributed by atoms with Crippen molar-refractivity contribution in [1.82, 2.24) is 14.8 Å². The van der Waals surface area contributed by atoms with Crippen molar-refractivity contribution in [3.8, 4) is 5.69 Å². The van der Waals surface area contributed by atoms with Gasteiger partial charge in [0.05, 0.1) is 11.7 Å². The Bertz CT molecular complexity index is 569. The highest BCUT2D eigenvalue weighted by molar-refractivity contribution is 5.95. The number of carbonyl (C=O) groups is 1. The molecule has 0 spiro atoms. The summed E-state index contributed by atoms with van der Waals surface area (Å²) >= 11 is 0. The van der Waals surface area contributed by atoms with Crippen LogP contribution in [0.1, 0.15) is 20.8 Å². The fourth-order valence-corrected chi connectivity index (χ4v) is 1.65. The van der Waals surface area contributed by atoms with E-state index in [0.717, 1.165) is 5.69 Å². The van der Waals surface area contributed by atoms with Crippen LogP contribution in [0.4, 0.5) is 5.69 Å². The molecular formula is C14H19N5O. The van der Waals surface area contributed by atoms with Gasteiger partial charge in [-0.3, -0.25) is 4.79 Å². The maximum Gasteiger partial charge on any atom is 0.241 e. The number of rotatable bonds is 3. The molecule has 6 heteroatoms. The van der Waals surface area contributed by atoms with Crippen molar-refractivity contribution in [1.29, 1.82) is 0 Å². The van der Waals surface area contributed by atoms with E-state index in [1.807, 2.05) is 45.0 Å². The second-order valence-corrected chi connectivity index (χ2v) is 5.72. The first-order valence-corrected chi connectivity index (χ1v) is 6.39. The van der Waals surface area contributed by atoms with Gasteiger partial charge in [-0.2, -0.15) is 5.10 Å². The lowest BCUT2D eigenvalue weighted by molar-refractivity contribution is -0.119. The van der Waals surface area contributed by atoms with Crippen molar-refractivity contribution in [3.05, 3.63) is 36.9 Å². The molecule has 0 fully saturated rings. The Morgan fingerprint density at radius 1 is 1.30 bits per heavy atom. The minimum absolute atomic E-state index is 0.189. The van der Waals surface area contributed by atoms with Gasteiger partial charge in [0.1, 0.15) is 12.7 Å². The molecule has 0 aliphatic carbocycles. The van der Waals surface area contributed by atoms with E-state index >= 15 is 0 Å². The average molecular weight is 273 g/mol. The second kappa shape index (κ2) is 5.42. The van der Waals surface area contributed by atoms with Crippen molar-refractivity contribution in [2.24, 2.45) is 11.1 Å². The fraction of sp³-hybridized carbons (Fsp3) is 0.357. The summed E-state index contributed by atoms with van der Waals surface area (Å²) in [5.41, 5.74) is 7.22. The van der Waals surface area contributed by atoms with Crippen LogP contribution in [0.5, 0.6) is 0 Å². The Morgan fingerprint density at radius 3 is 2.45 bits per heavy atom. The number of carbonyl (C=O) groups excluding carboxylic acids is 1. The maximum absolute atomic E-state index is 12.0. The molecule has 0 bridgehead atoms. The quantitative estimate of drug-likeness (QED) is 0.889. The zero-order valence-corrected chi connectivity index (χ0v) is 11.9. The van der Waals surface area contributed by atoms with Crippen molar-refractivity contribution in [2.45, 2.75) is 26.8 Å². The number of benzene rings is 1. The van der Waals surface area contributed by atoms with Crippen LogP contribution < -0.4 is 11.1 Å². The lowest BCUT2D eigenvalue weighted by Crippen LogP contribution is -2.45. The Hall–Kier alpha value is -2.21. The second-order valence-electron chi connectivity index (χ2n) is 5.72. The highest BCUT2D eigenvalue weighted by Crippen LogP contribution is 2.19. The Balaban J connectivity index is 2.06. The summed E-state index contributed by atoms with van der Waals surface area (Å²) in [5, 5.41) is 6.85. The van der Waals surface area contributed by atoms with Gasteiger partial charge in [0.25, 0.3) is 0 Å². The molecule has 1 aromatic heterocycles. The van der Waals surface area contributed by atoms with Crippen LogP contribution in [0.2, 0.25) is 0 Å². The van der Waals surface area contributed by atoms with E-state index in [1.54, 1.807) is 11.0 Å². The minimum atomic E-state index is -0.558. The van der Waals surface area contributed by atoms with E-state index in [0.29, 0.717) is 5.69 Å². The molecule has 2 aromatic rings. The molecule has 1 aromatic carbocycles. The zero-order chi connectivity index (χ0) is 14.8. The van der Waals surface area contributed by atoms with E-state index in [-0.39, 0.29) is 11.3 Å². The number of amides is 1. The summed E-state index contributed by atoms with van der Waals surface area (Å²) in [7, 11) is 0. The van der Waals surface area contributed by atoms with Gasteiger partial charge in [-0.05, 0) is 29.7 Å². The van der Waals surface area contributed by atoms with Gasteiger partial charge in [0.15, 0.2) is 0 Å². The Morgan fingerprint density at radius 2 is 1.95 bits per heavy atom. The summed E-state index contributed by atoms with van der Waals surface area (Å²) in [4.78, 5) is 15.9. The summed E-state index contributed by atoms with van der Waals surface area (Å²) in [5.74, 6) is -0.189. The smallest absolute Gasteiger partial charge is 0.241 e. The van der Waals surface area contributed by atoms with E-state index in [4.69, 9.17) is 5.73 Å². The van der Waals surface area contributed by atoms with E-state index < -0.39 is 6.04 Å². The SMILES string of the molecule is CC(C)(C)[C@H](N)C(=O)Nc1ccc(-n2cncn2)cc1. The highest BCUT2D eigenvalue weighted by Gasteiger charge is 2.27. The number of anilines is 1. The minimum Gasteiger partial charge on any atom is -0.325 e. The van der Waals surface area contributed by atoms with Crippen LogP contribution in [0.3, 0.4) is 0 Å². The van der Waals surface area contributed by atoms with Gasteiger partial charge in [0, 0.05) is 5.69 Å². The third kappa shape index (κ3) is 3.21. The van der Waals surface area contributed by atoms with Crippen LogP contribution >= 0.6 is 0 Å². The molecule has 0 saturated heterocycles. The number of hydrogen-bond acceptors (Lipinski definition) is 4. The lowest BCUT2D eigenvalue weighted by atomic mass is 9.87. The van der Waals surface area contributed by atoms with Gasteiger partial charge >= 0.3 is 0 Å². The highest BCUT2D eigenvalue weighted by atomic mass is 16.2. The Labute approximate surface area is 118 Å². The molecule has 0 unspecified atom stereocenters. The normalized spacial score (nSPS) is 13.0. The summed E-state index contributed by atoms with van der Waals surface area (Å²) in [6.45, 7) is 5.81. The fourth-order valence-electron chi connectivity index (χ4n) is 1.65. The van der Waals surface area contributed by atoms with E-state index in [2.05, 4.69) is 15.4 Å². The predicted octanol–water partition coefficient (Wildman–Crippen LogP) is 1.58. The van der Waals surface area contributed by atoms with Crippen molar-refractivity contribution < 1.29 is 4.79 Å². The molecular weight excluding hydrogens is 254 g/mol. The molecule has 0 aliphatic heterocycles. The largest absolute Gasteiger partial charge is 0.325 e. The lowest BCUT2D eigenvalue weighted by Gasteiger charge is -2.25. The number of nitrogens with two attached hydrogens (primary N) is 1. The van der Waals surface area contributed by atoms with Crippen LogP contribution in [0.15, 0.2) is 36.9 Å². The third-order valence-electron chi connectivity index (χ3n) is 3.03. The molecule has 0 saturated carbocycles. The molecule has 0 aliphatic rings. The van der Waals surface area contributed by atoms with Crippen molar-refractivity contribution in [2.75, 3.05) is 5.32 Å². The molecule has 20 heavy (non-hydrogen) atoms.